The maximum Gasteiger partial charge on any atom is 0.257 e. The lowest BCUT2D eigenvalue weighted by molar-refractivity contribution is -0.123. The summed E-state index contributed by atoms with van der Waals surface area (Å²) < 4.78 is 31.5. The molecule has 4 nitrogen and oxygen atoms in total. The van der Waals surface area contributed by atoms with Crippen molar-refractivity contribution in [2.75, 3.05) is 13.2 Å². The predicted octanol–water partition coefficient (Wildman–Crippen LogP) is 0.938. The number of benzene rings is 1. The first-order chi connectivity index (χ1) is 8.08. The molecule has 1 aromatic carbocycles. The number of hydrogen-bond acceptors (Lipinski definition) is 3. The Bertz CT molecular complexity index is 387. The molecule has 0 bridgehead atoms. The zero-order valence-electron chi connectivity index (χ0n) is 9.43. The topological polar surface area (TPSA) is 64.3 Å². The van der Waals surface area contributed by atoms with Gasteiger partial charge in [-0.25, -0.2) is 8.78 Å². The average molecular weight is 244 g/mol. The maximum atomic E-state index is 13.4. The number of ether oxygens (including phenoxy) is 1. The summed E-state index contributed by atoms with van der Waals surface area (Å²) >= 11 is 0. The molecule has 0 unspecified atom stereocenters. The highest BCUT2D eigenvalue weighted by Crippen LogP contribution is 2.23. The highest BCUT2D eigenvalue weighted by atomic mass is 19.1. The molecule has 0 atom stereocenters. The van der Waals surface area contributed by atoms with Crippen molar-refractivity contribution in [3.63, 3.8) is 0 Å². The minimum absolute atomic E-state index is 0.0322. The number of carbonyl (C=O) groups excluding carboxylic acids is 1. The van der Waals surface area contributed by atoms with E-state index >= 15 is 0 Å². The molecule has 0 spiro atoms. The molecule has 17 heavy (non-hydrogen) atoms. The summed E-state index contributed by atoms with van der Waals surface area (Å²) in [7, 11) is 0. The van der Waals surface area contributed by atoms with Gasteiger partial charge in [0.15, 0.2) is 24.0 Å². The third-order valence-electron chi connectivity index (χ3n) is 2.02. The minimum Gasteiger partial charge on any atom is -0.478 e. The first kappa shape index (κ1) is 13.4. The molecule has 1 aromatic rings. The maximum absolute atomic E-state index is 13.4. The van der Waals surface area contributed by atoms with E-state index in [-0.39, 0.29) is 6.54 Å². The van der Waals surface area contributed by atoms with E-state index in [4.69, 9.17) is 10.5 Å². The molecule has 0 aliphatic heterocycles. The van der Waals surface area contributed by atoms with Crippen molar-refractivity contribution in [1.29, 1.82) is 0 Å². The van der Waals surface area contributed by atoms with Gasteiger partial charge in [0.1, 0.15) is 0 Å². The Kier molecular flexibility index (Phi) is 4.84. The quantitative estimate of drug-likeness (QED) is 0.810. The van der Waals surface area contributed by atoms with Crippen LogP contribution in [0.2, 0.25) is 0 Å². The van der Waals surface area contributed by atoms with E-state index in [1.807, 2.05) is 0 Å². The van der Waals surface area contributed by atoms with Crippen molar-refractivity contribution in [3.8, 4) is 5.75 Å². The minimum atomic E-state index is -0.866. The molecule has 0 heterocycles. The van der Waals surface area contributed by atoms with Crippen molar-refractivity contribution in [2.24, 2.45) is 5.73 Å². The van der Waals surface area contributed by atoms with Crippen LogP contribution in [-0.2, 0) is 11.3 Å². The Balaban J connectivity index is 2.74. The molecular weight excluding hydrogens is 230 g/mol. The molecule has 0 aliphatic rings. The Labute approximate surface area is 97.8 Å². The molecule has 0 fully saturated rings. The lowest BCUT2D eigenvalue weighted by atomic mass is 10.2. The second-order valence-electron chi connectivity index (χ2n) is 3.33. The highest BCUT2D eigenvalue weighted by molar-refractivity contribution is 5.77. The standard InChI is InChI=1S/C11H14F2N2O2/c1-2-15-10(16)6-17-11-8(12)3-7(5-14)4-9(11)13/h3-4H,2,5-6,14H2,1H3,(H,15,16). The van der Waals surface area contributed by atoms with E-state index in [2.05, 4.69) is 5.32 Å². The zero-order valence-corrected chi connectivity index (χ0v) is 9.43. The molecule has 0 aromatic heterocycles. The number of amides is 1. The molecule has 0 aliphatic carbocycles. The van der Waals surface area contributed by atoms with Crippen LogP contribution in [0.15, 0.2) is 12.1 Å². The van der Waals surface area contributed by atoms with E-state index in [1.165, 1.54) is 0 Å². The number of hydrogen-bond donors (Lipinski definition) is 2. The first-order valence-corrected chi connectivity index (χ1v) is 5.16. The Morgan fingerprint density at radius 2 is 2.00 bits per heavy atom. The summed E-state index contributed by atoms with van der Waals surface area (Å²) in [5.74, 6) is -2.73. The second kappa shape index (κ2) is 6.15. The van der Waals surface area contributed by atoms with E-state index in [0.717, 1.165) is 12.1 Å². The third kappa shape index (κ3) is 3.67. The van der Waals surface area contributed by atoms with Crippen LogP contribution in [0.3, 0.4) is 0 Å². The Morgan fingerprint density at radius 1 is 1.41 bits per heavy atom. The zero-order chi connectivity index (χ0) is 12.8. The van der Waals surface area contributed by atoms with Gasteiger partial charge in [-0.2, -0.15) is 0 Å². The van der Waals surface area contributed by atoms with Crippen LogP contribution in [0, 0.1) is 11.6 Å². The van der Waals surface area contributed by atoms with Gasteiger partial charge in [-0.1, -0.05) is 0 Å². The molecule has 0 saturated carbocycles. The van der Waals surface area contributed by atoms with Gasteiger partial charge in [0.05, 0.1) is 0 Å². The summed E-state index contributed by atoms with van der Waals surface area (Å²) in [5.41, 5.74) is 5.59. The van der Waals surface area contributed by atoms with E-state index in [1.54, 1.807) is 6.92 Å². The molecule has 1 amide bonds. The van der Waals surface area contributed by atoms with Gasteiger partial charge in [-0.3, -0.25) is 4.79 Å². The summed E-state index contributed by atoms with van der Waals surface area (Å²) in [4.78, 5) is 11.1. The number of carbonyl (C=O) groups is 1. The van der Waals surface area contributed by atoms with E-state index in [0.29, 0.717) is 12.1 Å². The van der Waals surface area contributed by atoms with Gasteiger partial charge in [-0.05, 0) is 24.6 Å². The van der Waals surface area contributed by atoms with Crippen molar-refractivity contribution < 1.29 is 18.3 Å². The molecule has 6 heteroatoms. The third-order valence-corrected chi connectivity index (χ3v) is 2.02. The normalized spacial score (nSPS) is 10.1. The van der Waals surface area contributed by atoms with Crippen LogP contribution in [-0.4, -0.2) is 19.1 Å². The SMILES string of the molecule is CCNC(=O)COc1c(F)cc(CN)cc1F. The molecule has 94 valence electrons. The van der Waals surface area contributed by atoms with Crippen LogP contribution >= 0.6 is 0 Å². The second-order valence-corrected chi connectivity index (χ2v) is 3.33. The number of nitrogens with one attached hydrogen (secondary N) is 1. The summed E-state index contributed by atoms with van der Waals surface area (Å²) in [6, 6.07) is 2.16. The Hall–Kier alpha value is -1.69. The molecule has 0 radical (unpaired) electrons. The lowest BCUT2D eigenvalue weighted by Gasteiger charge is -2.09. The fraction of sp³-hybridized carbons (Fsp3) is 0.364. The van der Waals surface area contributed by atoms with Crippen LogP contribution in [0.25, 0.3) is 0 Å². The lowest BCUT2D eigenvalue weighted by Crippen LogP contribution is -2.28. The van der Waals surface area contributed by atoms with Gasteiger partial charge >= 0.3 is 0 Å². The highest BCUT2D eigenvalue weighted by Gasteiger charge is 2.13. The van der Waals surface area contributed by atoms with Gasteiger partial charge in [0, 0.05) is 13.1 Å². The fourth-order valence-corrected chi connectivity index (χ4v) is 1.25. The van der Waals surface area contributed by atoms with Crippen molar-refractivity contribution in [2.45, 2.75) is 13.5 Å². The number of rotatable bonds is 5. The molecule has 3 N–H and O–H groups in total. The van der Waals surface area contributed by atoms with Gasteiger partial charge in [-0.15, -0.1) is 0 Å². The summed E-state index contributed by atoms with van der Waals surface area (Å²) in [5, 5.41) is 2.45. The number of halogens is 2. The predicted molar refractivity (Wildman–Crippen MR) is 58.4 cm³/mol. The first-order valence-electron chi connectivity index (χ1n) is 5.16. The summed E-state index contributed by atoms with van der Waals surface area (Å²) in [6.45, 7) is 1.77. The number of nitrogens with two attached hydrogens (primary N) is 1. The van der Waals surface area contributed by atoms with Gasteiger partial charge < -0.3 is 15.8 Å². The van der Waals surface area contributed by atoms with Crippen molar-refractivity contribution >= 4 is 5.91 Å². The summed E-state index contributed by atoms with van der Waals surface area (Å²) in [6.07, 6.45) is 0. The van der Waals surface area contributed by atoms with E-state index < -0.39 is 29.9 Å². The van der Waals surface area contributed by atoms with Crippen molar-refractivity contribution in [3.05, 3.63) is 29.3 Å². The fourth-order valence-electron chi connectivity index (χ4n) is 1.25. The van der Waals surface area contributed by atoms with Crippen LogP contribution < -0.4 is 15.8 Å². The molecule has 0 saturated heterocycles. The molecule has 1 rings (SSSR count). The Morgan fingerprint density at radius 3 is 2.47 bits per heavy atom. The van der Waals surface area contributed by atoms with Gasteiger partial charge in [0.2, 0.25) is 0 Å². The van der Waals surface area contributed by atoms with Crippen LogP contribution in [0.4, 0.5) is 8.78 Å². The van der Waals surface area contributed by atoms with E-state index in [9.17, 15) is 13.6 Å². The van der Waals surface area contributed by atoms with Gasteiger partial charge in [0.25, 0.3) is 5.91 Å². The van der Waals surface area contributed by atoms with Crippen LogP contribution in [0.5, 0.6) is 5.75 Å². The monoisotopic (exact) mass is 244 g/mol. The average Bonchev–Trinajstić information content (AvgIpc) is 2.28. The largest absolute Gasteiger partial charge is 0.478 e. The van der Waals surface area contributed by atoms with Crippen molar-refractivity contribution in [1.82, 2.24) is 5.32 Å². The smallest absolute Gasteiger partial charge is 0.257 e. The van der Waals surface area contributed by atoms with Crippen LogP contribution in [0.1, 0.15) is 12.5 Å². The molecular formula is C11H14F2N2O2. The number of likely N-dealkylation sites (N-methyl/N-ethyl adjacent to an activating group) is 1.